The molecule has 1 aliphatic carbocycles. The van der Waals surface area contributed by atoms with Crippen LogP contribution in [0.5, 0.6) is 0 Å². The van der Waals surface area contributed by atoms with Gasteiger partial charge in [0.25, 0.3) is 5.69 Å². The van der Waals surface area contributed by atoms with Gasteiger partial charge in [-0.25, -0.2) is 9.97 Å². The zero-order chi connectivity index (χ0) is 13.9. The average molecular weight is 270 g/mol. The van der Waals surface area contributed by atoms with Gasteiger partial charge in [0.2, 0.25) is 0 Å². The van der Waals surface area contributed by atoms with Crippen molar-refractivity contribution in [2.75, 3.05) is 0 Å². The van der Waals surface area contributed by atoms with Crippen molar-refractivity contribution in [1.29, 1.82) is 0 Å². The molecule has 0 saturated heterocycles. The molecule has 1 aromatic heterocycles. The molecule has 0 amide bonds. The van der Waals surface area contributed by atoms with Gasteiger partial charge in [0.1, 0.15) is 0 Å². The molecule has 1 N–H and O–H groups in total. The highest BCUT2D eigenvalue weighted by Gasteiger charge is 2.19. The number of rotatable bonds is 5. The zero-order valence-corrected chi connectivity index (χ0v) is 10.8. The van der Waals surface area contributed by atoms with Crippen LogP contribution in [0, 0.1) is 10.1 Å². The van der Waals surface area contributed by atoms with E-state index >= 15 is 0 Å². The fraction of sp³-hybridized carbons (Fsp3) is 0.286. The van der Waals surface area contributed by atoms with E-state index in [1.54, 1.807) is 24.5 Å². The number of non-ortho nitro benzene ring substituents is 1. The Morgan fingerprint density at radius 3 is 2.40 bits per heavy atom. The number of aromatic nitrogens is 2. The Labute approximate surface area is 116 Å². The standard InChI is InChI=1S/C14H14N4O2/c19-18(20)13-5-1-11(2-6-13)14-16-8-10(9-17-14)7-15-12-3-4-12/h1-2,5-6,8-9,12,15H,3-4,7H2. The summed E-state index contributed by atoms with van der Waals surface area (Å²) in [5, 5.41) is 14.0. The topological polar surface area (TPSA) is 81.0 Å². The maximum absolute atomic E-state index is 10.6. The smallest absolute Gasteiger partial charge is 0.269 e. The van der Waals surface area contributed by atoms with E-state index in [2.05, 4.69) is 15.3 Å². The molecule has 0 bridgehead atoms. The summed E-state index contributed by atoms with van der Waals surface area (Å²) in [6.07, 6.45) is 6.09. The van der Waals surface area contributed by atoms with Gasteiger partial charge in [-0.15, -0.1) is 0 Å². The van der Waals surface area contributed by atoms with Gasteiger partial charge in [-0.3, -0.25) is 10.1 Å². The summed E-state index contributed by atoms with van der Waals surface area (Å²) in [5.41, 5.74) is 1.89. The van der Waals surface area contributed by atoms with Crippen LogP contribution in [0.4, 0.5) is 5.69 Å². The Morgan fingerprint density at radius 2 is 1.85 bits per heavy atom. The molecule has 1 heterocycles. The molecule has 1 aromatic carbocycles. The van der Waals surface area contributed by atoms with E-state index in [1.807, 2.05) is 0 Å². The van der Waals surface area contributed by atoms with Crippen LogP contribution < -0.4 is 5.32 Å². The summed E-state index contributed by atoms with van der Waals surface area (Å²) in [6, 6.07) is 6.90. The van der Waals surface area contributed by atoms with Crippen LogP contribution in [0.15, 0.2) is 36.7 Å². The molecular formula is C14H14N4O2. The number of hydrogen-bond acceptors (Lipinski definition) is 5. The van der Waals surface area contributed by atoms with Crippen LogP contribution >= 0.6 is 0 Å². The molecule has 102 valence electrons. The van der Waals surface area contributed by atoms with Gasteiger partial charge >= 0.3 is 0 Å². The third-order valence-corrected chi connectivity index (χ3v) is 3.21. The molecule has 1 fully saturated rings. The summed E-state index contributed by atoms with van der Waals surface area (Å²) in [7, 11) is 0. The SMILES string of the molecule is O=[N+]([O-])c1ccc(-c2ncc(CNC3CC3)cn2)cc1. The van der Waals surface area contributed by atoms with Gasteiger partial charge in [0, 0.05) is 48.2 Å². The van der Waals surface area contributed by atoms with E-state index in [-0.39, 0.29) is 5.69 Å². The minimum atomic E-state index is -0.419. The first kappa shape index (κ1) is 12.7. The van der Waals surface area contributed by atoms with Crippen LogP contribution in [-0.2, 0) is 6.54 Å². The van der Waals surface area contributed by atoms with Gasteiger partial charge < -0.3 is 5.32 Å². The van der Waals surface area contributed by atoms with Crippen LogP contribution in [0.3, 0.4) is 0 Å². The number of nitro groups is 1. The quantitative estimate of drug-likeness (QED) is 0.666. The highest BCUT2D eigenvalue weighted by molar-refractivity contribution is 5.56. The molecule has 0 atom stereocenters. The van der Waals surface area contributed by atoms with Crippen molar-refractivity contribution >= 4 is 5.69 Å². The van der Waals surface area contributed by atoms with Crippen molar-refractivity contribution in [2.45, 2.75) is 25.4 Å². The Balaban J connectivity index is 1.70. The number of nitrogens with zero attached hydrogens (tertiary/aromatic N) is 3. The first-order valence-electron chi connectivity index (χ1n) is 6.51. The van der Waals surface area contributed by atoms with Crippen molar-refractivity contribution in [2.24, 2.45) is 0 Å². The Bertz CT molecular complexity index is 606. The molecule has 0 spiro atoms. The van der Waals surface area contributed by atoms with Crippen LogP contribution in [0.25, 0.3) is 11.4 Å². The van der Waals surface area contributed by atoms with Gasteiger partial charge in [-0.2, -0.15) is 0 Å². The average Bonchev–Trinajstić information content (AvgIpc) is 3.30. The maximum atomic E-state index is 10.6. The van der Waals surface area contributed by atoms with E-state index < -0.39 is 4.92 Å². The van der Waals surface area contributed by atoms with E-state index in [1.165, 1.54) is 25.0 Å². The predicted molar refractivity (Wildman–Crippen MR) is 74.0 cm³/mol. The highest BCUT2D eigenvalue weighted by atomic mass is 16.6. The summed E-state index contributed by atoms with van der Waals surface area (Å²) >= 11 is 0. The molecule has 0 radical (unpaired) electrons. The van der Waals surface area contributed by atoms with Gasteiger partial charge in [0.05, 0.1) is 4.92 Å². The molecule has 1 aliphatic rings. The lowest BCUT2D eigenvalue weighted by molar-refractivity contribution is -0.384. The lowest BCUT2D eigenvalue weighted by Crippen LogP contribution is -2.15. The molecule has 0 aliphatic heterocycles. The third kappa shape index (κ3) is 2.97. The van der Waals surface area contributed by atoms with Gasteiger partial charge in [-0.1, -0.05) is 0 Å². The number of hydrogen-bond donors (Lipinski definition) is 1. The van der Waals surface area contributed by atoms with Crippen molar-refractivity contribution < 1.29 is 4.92 Å². The fourth-order valence-electron chi connectivity index (χ4n) is 1.88. The predicted octanol–water partition coefficient (Wildman–Crippen LogP) is 2.30. The Kier molecular flexibility index (Phi) is 3.39. The van der Waals surface area contributed by atoms with E-state index in [0.29, 0.717) is 11.9 Å². The molecule has 6 heteroatoms. The molecule has 20 heavy (non-hydrogen) atoms. The second-order valence-corrected chi connectivity index (χ2v) is 4.87. The van der Waals surface area contributed by atoms with Crippen LogP contribution in [-0.4, -0.2) is 20.9 Å². The molecule has 1 saturated carbocycles. The molecule has 2 aromatic rings. The Hall–Kier alpha value is -2.34. The largest absolute Gasteiger partial charge is 0.310 e. The zero-order valence-electron chi connectivity index (χ0n) is 10.8. The van der Waals surface area contributed by atoms with Crippen LogP contribution in [0.1, 0.15) is 18.4 Å². The summed E-state index contributed by atoms with van der Waals surface area (Å²) in [5.74, 6) is 0.579. The van der Waals surface area contributed by atoms with E-state index in [4.69, 9.17) is 0 Å². The fourth-order valence-corrected chi connectivity index (χ4v) is 1.88. The second kappa shape index (κ2) is 5.34. The maximum Gasteiger partial charge on any atom is 0.269 e. The summed E-state index contributed by atoms with van der Waals surface area (Å²) in [6.45, 7) is 0.783. The number of benzene rings is 1. The van der Waals surface area contributed by atoms with E-state index in [9.17, 15) is 10.1 Å². The highest BCUT2D eigenvalue weighted by Crippen LogP contribution is 2.20. The Morgan fingerprint density at radius 1 is 1.20 bits per heavy atom. The summed E-state index contributed by atoms with van der Waals surface area (Å²) in [4.78, 5) is 18.8. The first-order chi connectivity index (χ1) is 9.72. The first-order valence-corrected chi connectivity index (χ1v) is 6.51. The minimum absolute atomic E-state index is 0.0685. The summed E-state index contributed by atoms with van der Waals surface area (Å²) < 4.78 is 0. The van der Waals surface area contributed by atoms with Gasteiger partial charge in [0.15, 0.2) is 5.82 Å². The molecule has 3 rings (SSSR count). The molecule has 6 nitrogen and oxygen atoms in total. The van der Waals surface area contributed by atoms with Crippen molar-refractivity contribution in [3.05, 3.63) is 52.3 Å². The number of nitrogens with one attached hydrogen (secondary N) is 1. The molecule has 0 unspecified atom stereocenters. The van der Waals surface area contributed by atoms with Crippen molar-refractivity contribution in [3.8, 4) is 11.4 Å². The van der Waals surface area contributed by atoms with E-state index in [0.717, 1.165) is 17.7 Å². The van der Waals surface area contributed by atoms with Crippen molar-refractivity contribution in [3.63, 3.8) is 0 Å². The normalized spacial score (nSPS) is 14.2. The van der Waals surface area contributed by atoms with Crippen molar-refractivity contribution in [1.82, 2.24) is 15.3 Å². The lowest BCUT2D eigenvalue weighted by Gasteiger charge is -2.04. The third-order valence-electron chi connectivity index (χ3n) is 3.21. The van der Waals surface area contributed by atoms with Gasteiger partial charge in [-0.05, 0) is 25.0 Å². The number of nitro benzene ring substituents is 1. The minimum Gasteiger partial charge on any atom is -0.310 e. The molecular weight excluding hydrogens is 256 g/mol. The second-order valence-electron chi connectivity index (χ2n) is 4.87. The van der Waals surface area contributed by atoms with Crippen LogP contribution in [0.2, 0.25) is 0 Å². The lowest BCUT2D eigenvalue weighted by atomic mass is 10.2. The monoisotopic (exact) mass is 270 g/mol.